The van der Waals surface area contributed by atoms with Gasteiger partial charge in [0.2, 0.25) is 0 Å². The maximum absolute atomic E-state index is 8.80. The van der Waals surface area contributed by atoms with Gasteiger partial charge in [0.15, 0.2) is 0 Å². The van der Waals surface area contributed by atoms with E-state index in [0.29, 0.717) is 0 Å². The molecule has 0 saturated heterocycles. The van der Waals surface area contributed by atoms with Crippen LogP contribution in [0.1, 0.15) is 0 Å². The molecule has 0 spiro atoms. The van der Waals surface area contributed by atoms with Gasteiger partial charge in [-0.15, -0.1) is 0 Å². The fourth-order valence-electron chi connectivity index (χ4n) is 0. The van der Waals surface area contributed by atoms with Gasteiger partial charge in [-0.05, 0) is 0 Å². The van der Waals surface area contributed by atoms with Gasteiger partial charge in [0.25, 0.3) is 0 Å². The summed E-state index contributed by atoms with van der Waals surface area (Å²) in [7, 11) is -10.7. The van der Waals surface area contributed by atoms with Crippen molar-refractivity contribution in [2.75, 3.05) is 0 Å². The standard InChI is InChI=1S/H2O4Si.O4Si.Sc.Yb/c2*1-5(2,3)4;;/h1-2H;;;/q-2;-4;2*+3. The molecule has 0 aromatic carbocycles. The molecule has 1 radical (unpaired) electrons. The van der Waals surface area contributed by atoms with Gasteiger partial charge in [-0.1, -0.05) is 0 Å². The first kappa shape index (κ1) is 24.0. The van der Waals surface area contributed by atoms with Crippen LogP contribution in [0, 0.1) is 46.9 Å². The van der Waals surface area contributed by atoms with Crippen molar-refractivity contribution in [2.45, 2.75) is 0 Å². The van der Waals surface area contributed by atoms with Gasteiger partial charge >= 0.3 is 72.8 Å². The van der Waals surface area contributed by atoms with E-state index in [4.69, 9.17) is 38.4 Å². The van der Waals surface area contributed by atoms with E-state index in [0.717, 1.165) is 0 Å². The third-order valence-corrected chi connectivity index (χ3v) is 0. The van der Waals surface area contributed by atoms with E-state index < -0.39 is 18.1 Å². The molecule has 8 nitrogen and oxygen atoms in total. The van der Waals surface area contributed by atoms with Crippen molar-refractivity contribution in [3.8, 4) is 0 Å². The Balaban J connectivity index is -0.0000000457. The van der Waals surface area contributed by atoms with Crippen LogP contribution in [-0.4, -0.2) is 27.7 Å². The third kappa shape index (κ3) is 264. The van der Waals surface area contributed by atoms with Crippen LogP contribution in [0.25, 0.3) is 0 Å². The zero-order valence-corrected chi connectivity index (χ0v) is 10.7. The molecule has 12 heteroatoms. The minimum atomic E-state index is -5.61. The molecule has 0 fully saturated rings. The number of rotatable bonds is 0. The Morgan fingerprint density at radius 3 is 0.750 bits per heavy atom. The molecule has 0 aliphatic rings. The summed E-state index contributed by atoms with van der Waals surface area (Å²) in [4.78, 5) is 66.1. The molecular formula is H2O8ScSi2Yb. The molecule has 75 valence electrons. The predicted octanol–water partition coefficient (Wildman–Crippen LogP) is -9.01. The van der Waals surface area contributed by atoms with E-state index in [2.05, 4.69) is 0 Å². The van der Waals surface area contributed by atoms with Crippen molar-refractivity contribution in [1.82, 2.24) is 0 Å². The van der Waals surface area contributed by atoms with E-state index in [1.54, 1.807) is 0 Å². The summed E-state index contributed by atoms with van der Waals surface area (Å²) >= 11 is 0. The molecule has 0 aromatic heterocycles. The zero-order valence-electron chi connectivity index (χ0n) is 5.19. The molecule has 0 amide bonds. The van der Waals surface area contributed by atoms with E-state index >= 15 is 0 Å². The maximum Gasteiger partial charge on any atom is 3.00 e. The first-order valence-electron chi connectivity index (χ1n) is 1.67. The Labute approximate surface area is 127 Å². The quantitative estimate of drug-likeness (QED) is 0.374. The molecule has 0 aliphatic carbocycles. The average Bonchev–Trinajstić information content (AvgIpc) is 1.12. The summed E-state index contributed by atoms with van der Waals surface area (Å²) in [5, 5.41) is 0. The Bertz CT molecular complexity index is 60.0. The second-order valence-corrected chi connectivity index (χ2v) is 3.15. The molecule has 0 aromatic rings. The summed E-state index contributed by atoms with van der Waals surface area (Å²) in [6, 6.07) is 0. The first-order chi connectivity index (χ1) is 4.00. The van der Waals surface area contributed by atoms with E-state index in [-0.39, 0.29) is 72.8 Å². The van der Waals surface area contributed by atoms with Gasteiger partial charge < -0.3 is 47.4 Å². The Kier molecular flexibility index (Phi) is 20.0. The molecule has 0 aliphatic heterocycles. The fourth-order valence-corrected chi connectivity index (χ4v) is 0. The maximum atomic E-state index is 8.80. The van der Waals surface area contributed by atoms with Gasteiger partial charge in [0.1, 0.15) is 9.05 Å². The molecule has 0 atom stereocenters. The number of hydrogen-bond donors (Lipinski definition) is 2. The summed E-state index contributed by atoms with van der Waals surface area (Å²) in [5.41, 5.74) is 0. The minimum absolute atomic E-state index is 0. The van der Waals surface area contributed by atoms with Gasteiger partial charge in [-0.3, -0.25) is 0 Å². The van der Waals surface area contributed by atoms with Crippen LogP contribution >= 0.6 is 0 Å². The molecule has 0 rings (SSSR count). The van der Waals surface area contributed by atoms with Crippen molar-refractivity contribution in [2.24, 2.45) is 0 Å². The second-order valence-electron chi connectivity index (χ2n) is 1.05. The Morgan fingerprint density at radius 1 is 0.750 bits per heavy atom. The molecule has 0 bridgehead atoms. The monoisotopic (exact) mass is 405 g/mol. The Hall–Kier alpha value is 2.50. The van der Waals surface area contributed by atoms with Crippen LogP contribution in [0.5, 0.6) is 0 Å². The van der Waals surface area contributed by atoms with Crippen LogP contribution in [0.4, 0.5) is 0 Å². The summed E-state index contributed by atoms with van der Waals surface area (Å²) in [5.74, 6) is 0. The molecular weight excluding hydrogens is 402 g/mol. The van der Waals surface area contributed by atoms with Crippen LogP contribution in [0.3, 0.4) is 0 Å². The number of hydrogen-bond acceptors (Lipinski definition) is 8. The first-order valence-corrected chi connectivity index (χ1v) is 5.02. The van der Waals surface area contributed by atoms with Crippen molar-refractivity contribution in [3.05, 3.63) is 0 Å². The van der Waals surface area contributed by atoms with E-state index in [1.165, 1.54) is 0 Å². The van der Waals surface area contributed by atoms with Gasteiger partial charge in [-0.2, -0.15) is 0 Å². The van der Waals surface area contributed by atoms with Gasteiger partial charge in [0, 0.05) is 0 Å². The van der Waals surface area contributed by atoms with E-state index in [9.17, 15) is 0 Å². The second kappa shape index (κ2) is 10.0. The summed E-state index contributed by atoms with van der Waals surface area (Å²) < 4.78 is 0. The predicted molar refractivity (Wildman–Crippen MR) is 15.9 cm³/mol. The van der Waals surface area contributed by atoms with Crippen molar-refractivity contribution in [1.29, 1.82) is 0 Å². The van der Waals surface area contributed by atoms with Crippen LogP contribution in [0.15, 0.2) is 0 Å². The van der Waals surface area contributed by atoms with Gasteiger partial charge in [-0.25, -0.2) is 0 Å². The normalized spacial score (nSPS) is 10.0. The fraction of sp³-hybridized carbons (Fsp3) is 0. The third-order valence-electron chi connectivity index (χ3n) is 0. The Morgan fingerprint density at radius 2 is 0.750 bits per heavy atom. The average molecular weight is 404 g/mol. The van der Waals surface area contributed by atoms with Crippen LogP contribution in [-0.2, 0) is 25.8 Å². The largest absolute Gasteiger partial charge is 3.00 e. The van der Waals surface area contributed by atoms with Crippen LogP contribution in [0.2, 0.25) is 0 Å². The van der Waals surface area contributed by atoms with Crippen molar-refractivity contribution < 1.29 is 111 Å². The van der Waals surface area contributed by atoms with Crippen molar-refractivity contribution in [3.63, 3.8) is 0 Å². The molecule has 0 heterocycles. The molecule has 12 heavy (non-hydrogen) atoms. The van der Waals surface area contributed by atoms with Gasteiger partial charge in [0.05, 0.1) is 0 Å². The zero-order chi connectivity index (χ0) is 9.00. The summed E-state index contributed by atoms with van der Waals surface area (Å²) in [6.07, 6.45) is 0. The topological polar surface area (TPSA) is 179 Å². The molecule has 0 unspecified atom stereocenters. The molecule has 2 N–H and O–H groups in total. The van der Waals surface area contributed by atoms with Crippen molar-refractivity contribution >= 4 is 18.1 Å². The molecule has 0 saturated carbocycles. The summed E-state index contributed by atoms with van der Waals surface area (Å²) in [6.45, 7) is 0. The van der Waals surface area contributed by atoms with Crippen LogP contribution < -0.4 is 28.8 Å². The van der Waals surface area contributed by atoms with E-state index in [1.807, 2.05) is 0 Å². The smallest absolute Gasteiger partial charge is 0.894 e. The SMILES string of the molecule is [O-][Si]([O-])(O)O.[O-][Si]([O-])([O-])[O-].[Sc+3].[Yb+3]. The minimum Gasteiger partial charge on any atom is -0.894 e.